The first-order valence-corrected chi connectivity index (χ1v) is 15.9. The summed E-state index contributed by atoms with van der Waals surface area (Å²) in [6, 6.07) is 19.8. The van der Waals surface area contributed by atoms with E-state index in [4.69, 9.17) is 19.6 Å². The van der Waals surface area contributed by atoms with E-state index < -0.39 is 18.2 Å². The molecule has 1 N–H and O–H groups in total. The van der Waals surface area contributed by atoms with Crippen LogP contribution in [0.1, 0.15) is 96.0 Å². The summed E-state index contributed by atoms with van der Waals surface area (Å²) in [5, 5.41) is 9.17. The van der Waals surface area contributed by atoms with E-state index in [2.05, 4.69) is 6.92 Å². The number of carboxylic acid groups (broad SMARTS) is 1. The molecule has 2 aromatic carbocycles. The number of hydrogen-bond donors (Lipinski definition) is 1. The molecule has 5 nitrogen and oxygen atoms in total. The van der Waals surface area contributed by atoms with Crippen LogP contribution in [0.2, 0.25) is 0 Å². The molecule has 2 unspecified atom stereocenters. The summed E-state index contributed by atoms with van der Waals surface area (Å²) in [7, 11) is 0. The molecule has 0 aliphatic carbocycles. The van der Waals surface area contributed by atoms with Gasteiger partial charge in [-0.2, -0.15) is 13.2 Å². The van der Waals surface area contributed by atoms with Crippen molar-refractivity contribution in [3.05, 3.63) is 72.4 Å². The number of hydrogen-bond acceptors (Lipinski definition) is 4. The van der Waals surface area contributed by atoms with Crippen LogP contribution in [-0.2, 0) is 9.53 Å². The minimum atomic E-state index is -4.43. The smallest absolute Gasteiger partial charge is 0.414 e. The van der Waals surface area contributed by atoms with Crippen LogP contribution >= 0.6 is 0 Å². The topological polar surface area (TPSA) is 68.7 Å². The molecule has 1 aromatic heterocycles. The van der Waals surface area contributed by atoms with E-state index in [1.807, 2.05) is 60.7 Å². The Morgan fingerprint density at radius 3 is 2.25 bits per heavy atom. The fourth-order valence-electron chi connectivity index (χ4n) is 5.23. The van der Waals surface area contributed by atoms with Gasteiger partial charge in [0.25, 0.3) is 0 Å². The SMILES string of the molecule is CCCCCCCCCOc1ccc(-c2cc(C(CCCC(=O)O)CCOC(C)C(F)(F)F)ccc2-c2ccccc2)nc1. The Hall–Kier alpha value is -3.39. The number of rotatable bonds is 20. The predicted molar refractivity (Wildman–Crippen MR) is 169 cm³/mol. The van der Waals surface area contributed by atoms with Gasteiger partial charge in [0.2, 0.25) is 0 Å². The van der Waals surface area contributed by atoms with Crippen molar-refractivity contribution in [2.75, 3.05) is 13.2 Å². The zero-order valence-corrected chi connectivity index (χ0v) is 26.0. The van der Waals surface area contributed by atoms with Crippen molar-refractivity contribution in [3.63, 3.8) is 0 Å². The molecule has 0 aliphatic rings. The first kappa shape index (κ1) is 35.1. The van der Waals surface area contributed by atoms with Crippen LogP contribution in [-0.4, -0.2) is 41.6 Å². The molecular formula is C36H46F3NO4. The van der Waals surface area contributed by atoms with Crippen LogP contribution in [0.5, 0.6) is 5.75 Å². The summed E-state index contributed by atoms with van der Waals surface area (Å²) in [5.41, 5.74) is 4.54. The zero-order valence-electron chi connectivity index (χ0n) is 26.0. The predicted octanol–water partition coefficient (Wildman–Crippen LogP) is 10.2. The maximum atomic E-state index is 13.0. The van der Waals surface area contributed by atoms with Crippen molar-refractivity contribution in [2.45, 2.75) is 103 Å². The standard InChI is InChI=1S/C36H46F3NO4/c1-3-4-5-6-7-8-12-23-44-31-19-21-34(40-26-31)33-25-30(18-20-32(33)29-14-10-9-11-15-29)28(16-13-17-35(41)42)22-24-43-27(2)36(37,38)39/h9-11,14-15,18-21,25-28H,3-8,12-13,16-17,22-24H2,1-2H3,(H,41,42). The van der Waals surface area contributed by atoms with E-state index in [1.165, 1.54) is 32.1 Å². The van der Waals surface area contributed by atoms with Crippen molar-refractivity contribution in [1.29, 1.82) is 0 Å². The molecule has 8 heteroatoms. The highest BCUT2D eigenvalue weighted by molar-refractivity contribution is 5.82. The highest BCUT2D eigenvalue weighted by Crippen LogP contribution is 2.36. The van der Waals surface area contributed by atoms with E-state index >= 15 is 0 Å². The number of aliphatic carboxylic acids is 1. The van der Waals surface area contributed by atoms with E-state index in [0.717, 1.165) is 47.7 Å². The molecule has 0 spiro atoms. The van der Waals surface area contributed by atoms with Crippen LogP contribution in [0.25, 0.3) is 22.4 Å². The molecule has 44 heavy (non-hydrogen) atoms. The van der Waals surface area contributed by atoms with Crippen LogP contribution in [0.3, 0.4) is 0 Å². The lowest BCUT2D eigenvalue weighted by Gasteiger charge is -2.22. The van der Waals surface area contributed by atoms with Gasteiger partial charge >= 0.3 is 12.1 Å². The quantitative estimate of drug-likeness (QED) is 0.128. The molecule has 0 saturated carbocycles. The lowest BCUT2D eigenvalue weighted by Crippen LogP contribution is -2.29. The molecule has 1 heterocycles. The molecule has 2 atom stereocenters. The molecule has 0 bridgehead atoms. The largest absolute Gasteiger partial charge is 0.492 e. The normalized spacial score (nSPS) is 13.0. The number of carboxylic acids is 1. The Labute approximate surface area is 259 Å². The molecule has 0 aliphatic heterocycles. The molecule has 3 aromatic rings. The van der Waals surface area contributed by atoms with E-state index in [-0.39, 0.29) is 18.9 Å². The van der Waals surface area contributed by atoms with Gasteiger partial charge in [0.1, 0.15) is 5.75 Å². The Balaban J connectivity index is 1.79. The molecular weight excluding hydrogens is 567 g/mol. The Bertz CT molecular complexity index is 1250. The van der Waals surface area contributed by atoms with Crippen molar-refractivity contribution >= 4 is 5.97 Å². The fourth-order valence-corrected chi connectivity index (χ4v) is 5.23. The van der Waals surface area contributed by atoms with Crippen molar-refractivity contribution < 1.29 is 32.5 Å². The number of ether oxygens (including phenoxy) is 2. The van der Waals surface area contributed by atoms with Gasteiger partial charge in [-0.15, -0.1) is 0 Å². The summed E-state index contributed by atoms with van der Waals surface area (Å²) >= 11 is 0. The lowest BCUT2D eigenvalue weighted by atomic mass is 9.86. The second kappa shape index (κ2) is 18.4. The molecule has 3 rings (SSSR count). The van der Waals surface area contributed by atoms with Gasteiger partial charge in [-0.1, -0.05) is 87.9 Å². The van der Waals surface area contributed by atoms with E-state index in [9.17, 15) is 18.0 Å². The third-order valence-electron chi connectivity index (χ3n) is 7.87. The van der Waals surface area contributed by atoms with Crippen molar-refractivity contribution in [1.82, 2.24) is 4.98 Å². The monoisotopic (exact) mass is 613 g/mol. The summed E-state index contributed by atoms with van der Waals surface area (Å²) in [6.07, 6.45) is 5.17. The van der Waals surface area contributed by atoms with Crippen LogP contribution in [0, 0.1) is 0 Å². The van der Waals surface area contributed by atoms with Crippen LogP contribution in [0.15, 0.2) is 66.9 Å². The molecule has 0 radical (unpaired) electrons. The van der Waals surface area contributed by atoms with E-state index in [0.29, 0.717) is 31.6 Å². The Morgan fingerprint density at radius 2 is 1.59 bits per heavy atom. The van der Waals surface area contributed by atoms with Gasteiger partial charge < -0.3 is 14.6 Å². The van der Waals surface area contributed by atoms with E-state index in [1.54, 1.807) is 6.20 Å². The first-order valence-electron chi connectivity index (χ1n) is 15.9. The number of alkyl halides is 3. The number of unbranched alkanes of at least 4 members (excludes halogenated alkanes) is 6. The maximum Gasteiger partial charge on any atom is 0.414 e. The van der Waals surface area contributed by atoms with Gasteiger partial charge in [-0.05, 0) is 73.4 Å². The minimum Gasteiger partial charge on any atom is -0.492 e. The maximum absolute atomic E-state index is 13.0. The number of aromatic nitrogens is 1. The number of nitrogens with zero attached hydrogens (tertiary/aromatic N) is 1. The van der Waals surface area contributed by atoms with Gasteiger partial charge in [0, 0.05) is 18.6 Å². The van der Waals surface area contributed by atoms with Crippen LogP contribution < -0.4 is 4.74 Å². The number of carbonyl (C=O) groups is 1. The molecule has 0 saturated heterocycles. The zero-order chi connectivity index (χ0) is 31.8. The highest BCUT2D eigenvalue weighted by atomic mass is 19.4. The summed E-state index contributed by atoms with van der Waals surface area (Å²) in [5.74, 6) is -0.369. The van der Waals surface area contributed by atoms with Crippen molar-refractivity contribution in [2.24, 2.45) is 0 Å². The summed E-state index contributed by atoms with van der Waals surface area (Å²) in [6.45, 7) is 3.78. The Kier molecular flexibility index (Phi) is 14.7. The third kappa shape index (κ3) is 11.9. The van der Waals surface area contributed by atoms with Crippen LogP contribution in [0.4, 0.5) is 13.2 Å². The third-order valence-corrected chi connectivity index (χ3v) is 7.87. The number of benzene rings is 2. The molecule has 0 fully saturated rings. The summed E-state index contributed by atoms with van der Waals surface area (Å²) < 4.78 is 50.1. The number of pyridine rings is 1. The lowest BCUT2D eigenvalue weighted by molar-refractivity contribution is -0.214. The average Bonchev–Trinajstić information content (AvgIpc) is 3.01. The number of halogens is 3. The second-order valence-corrected chi connectivity index (χ2v) is 11.3. The molecule has 240 valence electrons. The minimum absolute atomic E-state index is 0.00680. The second-order valence-electron chi connectivity index (χ2n) is 11.3. The molecule has 0 amide bonds. The average molecular weight is 614 g/mol. The highest BCUT2D eigenvalue weighted by Gasteiger charge is 2.36. The van der Waals surface area contributed by atoms with Gasteiger partial charge in [-0.3, -0.25) is 9.78 Å². The Morgan fingerprint density at radius 1 is 0.864 bits per heavy atom. The fraction of sp³-hybridized carbons (Fsp3) is 0.500. The van der Waals surface area contributed by atoms with Gasteiger partial charge in [-0.25, -0.2) is 0 Å². The summed E-state index contributed by atoms with van der Waals surface area (Å²) in [4.78, 5) is 15.9. The van der Waals surface area contributed by atoms with Gasteiger partial charge in [0.05, 0.1) is 18.5 Å². The van der Waals surface area contributed by atoms with Gasteiger partial charge in [0.15, 0.2) is 6.10 Å². The first-order chi connectivity index (χ1) is 21.2. The van der Waals surface area contributed by atoms with Crippen molar-refractivity contribution in [3.8, 4) is 28.1 Å².